The van der Waals surface area contributed by atoms with Gasteiger partial charge in [0.1, 0.15) is 5.75 Å². The van der Waals surface area contributed by atoms with E-state index in [1.165, 1.54) is 0 Å². The van der Waals surface area contributed by atoms with Crippen molar-refractivity contribution in [2.75, 3.05) is 13.2 Å². The van der Waals surface area contributed by atoms with Gasteiger partial charge in [-0.3, -0.25) is 4.79 Å². The highest BCUT2D eigenvalue weighted by Gasteiger charge is 2.04. The molecule has 1 aromatic carbocycles. The molecule has 0 unspecified atom stereocenters. The third kappa shape index (κ3) is 7.94. The summed E-state index contributed by atoms with van der Waals surface area (Å²) in [4.78, 5) is 22.0. The van der Waals surface area contributed by atoms with Crippen molar-refractivity contribution in [1.29, 1.82) is 0 Å². The zero-order valence-corrected chi connectivity index (χ0v) is 12.3. The quantitative estimate of drug-likeness (QED) is 0.722. The van der Waals surface area contributed by atoms with Gasteiger partial charge < -0.3 is 19.9 Å². The Hall–Kier alpha value is -2.08. The Morgan fingerprint density at radius 2 is 2.10 bits per heavy atom. The van der Waals surface area contributed by atoms with Crippen LogP contribution in [0.5, 0.6) is 5.75 Å². The van der Waals surface area contributed by atoms with Gasteiger partial charge in [0.15, 0.2) is 6.61 Å². The van der Waals surface area contributed by atoms with E-state index in [-0.39, 0.29) is 18.6 Å². The SMILES string of the molecule is CC(C)OCCC(=O)NCc1cccc(OCC(=O)O)c1. The number of nitrogens with one attached hydrogen (secondary N) is 1. The molecule has 0 spiro atoms. The van der Waals surface area contributed by atoms with Gasteiger partial charge >= 0.3 is 5.97 Å². The van der Waals surface area contributed by atoms with E-state index in [4.69, 9.17) is 14.6 Å². The van der Waals surface area contributed by atoms with Crippen LogP contribution < -0.4 is 10.1 Å². The first-order valence-corrected chi connectivity index (χ1v) is 6.79. The summed E-state index contributed by atoms with van der Waals surface area (Å²) in [5, 5.41) is 11.3. The lowest BCUT2D eigenvalue weighted by atomic mass is 10.2. The molecule has 6 nitrogen and oxygen atoms in total. The van der Waals surface area contributed by atoms with Crippen LogP contribution in [0.2, 0.25) is 0 Å². The number of hydrogen-bond acceptors (Lipinski definition) is 4. The maximum absolute atomic E-state index is 11.6. The van der Waals surface area contributed by atoms with Crippen molar-refractivity contribution in [3.05, 3.63) is 29.8 Å². The van der Waals surface area contributed by atoms with Crippen LogP contribution >= 0.6 is 0 Å². The molecule has 0 bridgehead atoms. The summed E-state index contributed by atoms with van der Waals surface area (Å²) >= 11 is 0. The average molecular weight is 295 g/mol. The lowest BCUT2D eigenvalue weighted by molar-refractivity contribution is -0.139. The maximum Gasteiger partial charge on any atom is 0.341 e. The highest BCUT2D eigenvalue weighted by atomic mass is 16.5. The van der Waals surface area contributed by atoms with E-state index in [1.54, 1.807) is 18.2 Å². The number of carboxylic acid groups (broad SMARTS) is 1. The van der Waals surface area contributed by atoms with Gasteiger partial charge in [-0.2, -0.15) is 0 Å². The van der Waals surface area contributed by atoms with Gasteiger partial charge in [0.2, 0.25) is 5.91 Å². The van der Waals surface area contributed by atoms with Crippen LogP contribution in [-0.2, 0) is 20.9 Å². The summed E-state index contributed by atoms with van der Waals surface area (Å²) in [6.45, 7) is 4.21. The average Bonchev–Trinajstić information content (AvgIpc) is 2.43. The molecule has 116 valence electrons. The molecule has 0 saturated carbocycles. The Labute approximate surface area is 124 Å². The highest BCUT2D eigenvalue weighted by molar-refractivity contribution is 5.75. The fraction of sp³-hybridized carbons (Fsp3) is 0.467. The molecule has 1 rings (SSSR count). The van der Waals surface area contributed by atoms with Gasteiger partial charge in [-0.15, -0.1) is 0 Å². The van der Waals surface area contributed by atoms with Gasteiger partial charge in [-0.25, -0.2) is 4.79 Å². The topological polar surface area (TPSA) is 84.9 Å². The molecule has 0 heterocycles. The second-order valence-corrected chi connectivity index (χ2v) is 4.78. The largest absolute Gasteiger partial charge is 0.482 e. The van der Waals surface area contributed by atoms with Gasteiger partial charge in [-0.1, -0.05) is 12.1 Å². The summed E-state index contributed by atoms with van der Waals surface area (Å²) in [6, 6.07) is 6.96. The summed E-state index contributed by atoms with van der Waals surface area (Å²) in [5.41, 5.74) is 0.844. The molecule has 0 fully saturated rings. The standard InChI is InChI=1S/C15H21NO5/c1-11(2)20-7-6-14(17)16-9-12-4-3-5-13(8-12)21-10-15(18)19/h3-5,8,11H,6-7,9-10H2,1-2H3,(H,16,17)(H,18,19). The van der Waals surface area contributed by atoms with Crippen molar-refractivity contribution in [2.45, 2.75) is 32.9 Å². The fourth-order valence-corrected chi connectivity index (χ4v) is 1.57. The zero-order valence-electron chi connectivity index (χ0n) is 12.3. The highest BCUT2D eigenvalue weighted by Crippen LogP contribution is 2.13. The molecular formula is C15H21NO5. The van der Waals surface area contributed by atoms with Crippen molar-refractivity contribution >= 4 is 11.9 Å². The zero-order chi connectivity index (χ0) is 15.7. The Kier molecular flexibility index (Phi) is 7.25. The molecule has 2 N–H and O–H groups in total. The van der Waals surface area contributed by atoms with E-state index in [2.05, 4.69) is 5.32 Å². The minimum atomic E-state index is -1.03. The second kappa shape index (κ2) is 8.97. The maximum atomic E-state index is 11.6. The number of carbonyl (C=O) groups excluding carboxylic acids is 1. The first kappa shape index (κ1) is 17.0. The summed E-state index contributed by atoms with van der Waals surface area (Å²) in [5.74, 6) is -0.654. The van der Waals surface area contributed by atoms with Crippen molar-refractivity contribution in [3.63, 3.8) is 0 Å². The molecule has 0 radical (unpaired) electrons. The number of rotatable bonds is 9. The van der Waals surface area contributed by atoms with Crippen molar-refractivity contribution in [1.82, 2.24) is 5.32 Å². The molecule has 0 aliphatic carbocycles. The van der Waals surface area contributed by atoms with Gasteiger partial charge in [0.05, 0.1) is 12.7 Å². The van der Waals surface area contributed by atoms with Crippen molar-refractivity contribution < 1.29 is 24.2 Å². The van der Waals surface area contributed by atoms with E-state index in [0.29, 0.717) is 25.3 Å². The summed E-state index contributed by atoms with van der Waals surface area (Å²) in [7, 11) is 0. The smallest absolute Gasteiger partial charge is 0.341 e. The number of carboxylic acids is 1. The first-order valence-electron chi connectivity index (χ1n) is 6.79. The first-order chi connectivity index (χ1) is 9.97. The van der Waals surface area contributed by atoms with E-state index >= 15 is 0 Å². The Morgan fingerprint density at radius 3 is 2.76 bits per heavy atom. The molecular weight excluding hydrogens is 274 g/mol. The minimum absolute atomic E-state index is 0.0903. The number of hydrogen-bond donors (Lipinski definition) is 2. The fourth-order valence-electron chi connectivity index (χ4n) is 1.57. The van der Waals surface area contributed by atoms with E-state index in [9.17, 15) is 9.59 Å². The van der Waals surface area contributed by atoms with Gasteiger partial charge in [0.25, 0.3) is 0 Å². The Bertz CT molecular complexity index is 473. The number of ether oxygens (including phenoxy) is 2. The normalized spacial score (nSPS) is 10.4. The van der Waals surface area contributed by atoms with Crippen LogP contribution in [0.25, 0.3) is 0 Å². The molecule has 0 aromatic heterocycles. The summed E-state index contributed by atoms with van der Waals surface area (Å²) < 4.78 is 10.4. The van der Waals surface area contributed by atoms with Crippen molar-refractivity contribution in [3.8, 4) is 5.75 Å². The second-order valence-electron chi connectivity index (χ2n) is 4.78. The van der Waals surface area contributed by atoms with E-state index < -0.39 is 5.97 Å². The third-order valence-electron chi connectivity index (χ3n) is 2.53. The predicted octanol–water partition coefficient (Wildman–Crippen LogP) is 1.58. The molecule has 0 aliphatic rings. The molecule has 1 aromatic rings. The molecule has 0 saturated heterocycles. The van der Waals surface area contributed by atoms with Crippen LogP contribution in [0.15, 0.2) is 24.3 Å². The van der Waals surface area contributed by atoms with Crippen LogP contribution in [0, 0.1) is 0 Å². The van der Waals surface area contributed by atoms with Gasteiger partial charge in [-0.05, 0) is 31.5 Å². The summed E-state index contributed by atoms with van der Waals surface area (Å²) in [6.07, 6.45) is 0.425. The molecule has 1 amide bonds. The third-order valence-corrected chi connectivity index (χ3v) is 2.53. The minimum Gasteiger partial charge on any atom is -0.482 e. The number of benzene rings is 1. The lowest BCUT2D eigenvalue weighted by Crippen LogP contribution is -2.24. The Balaban J connectivity index is 2.35. The number of carbonyl (C=O) groups is 2. The monoisotopic (exact) mass is 295 g/mol. The molecule has 21 heavy (non-hydrogen) atoms. The molecule has 0 aliphatic heterocycles. The van der Waals surface area contributed by atoms with Crippen LogP contribution in [-0.4, -0.2) is 36.3 Å². The number of amides is 1. The van der Waals surface area contributed by atoms with Crippen LogP contribution in [0.3, 0.4) is 0 Å². The van der Waals surface area contributed by atoms with E-state index in [1.807, 2.05) is 19.9 Å². The number of aliphatic carboxylic acids is 1. The molecule has 0 atom stereocenters. The van der Waals surface area contributed by atoms with E-state index in [0.717, 1.165) is 5.56 Å². The lowest BCUT2D eigenvalue weighted by Gasteiger charge is -2.09. The van der Waals surface area contributed by atoms with Crippen LogP contribution in [0.1, 0.15) is 25.8 Å². The van der Waals surface area contributed by atoms with Crippen molar-refractivity contribution in [2.24, 2.45) is 0 Å². The Morgan fingerprint density at radius 1 is 1.33 bits per heavy atom. The van der Waals surface area contributed by atoms with Gasteiger partial charge in [0, 0.05) is 13.0 Å². The predicted molar refractivity (Wildman–Crippen MR) is 77.1 cm³/mol. The molecule has 6 heteroatoms. The van der Waals surface area contributed by atoms with Crippen LogP contribution in [0.4, 0.5) is 0 Å².